The maximum absolute atomic E-state index is 12.2. The van der Waals surface area contributed by atoms with Crippen molar-refractivity contribution in [2.75, 3.05) is 19.8 Å². The Labute approximate surface area is 356 Å². The molecule has 0 aromatic rings. The fraction of sp³-hybridized carbons (Fsp3) is 0.909. The molecule has 17 nitrogen and oxygen atoms in total. The van der Waals surface area contributed by atoms with Crippen LogP contribution in [0.15, 0.2) is 23.8 Å². The average molecular weight is 869 g/mol. The van der Waals surface area contributed by atoms with Crippen molar-refractivity contribution in [3.63, 3.8) is 0 Å². The zero-order valence-corrected chi connectivity index (χ0v) is 35.6. The molecule has 5 saturated heterocycles. The van der Waals surface area contributed by atoms with Crippen LogP contribution in [-0.2, 0) is 37.9 Å². The molecule has 5 heterocycles. The van der Waals surface area contributed by atoms with E-state index in [1.807, 2.05) is 0 Å². The smallest absolute Gasteiger partial charge is 0.187 e. The van der Waals surface area contributed by atoms with E-state index in [9.17, 15) is 46.0 Å². The summed E-state index contributed by atoms with van der Waals surface area (Å²) < 4.78 is 48.9. The van der Waals surface area contributed by atoms with Gasteiger partial charge in [0.15, 0.2) is 24.7 Å². The SMILES string of the molecule is C=C1CCC2(OC1)OC1CC3C4CC=C5CC(OC6OCC(O)C(O)C6OC6OC(C)C(O)C(OC7OC(CO)C(O)C(O)C7O)C6O)CC(O)C5(C)C4CCC3(C)C1C2C. The first-order valence-corrected chi connectivity index (χ1v) is 22.5. The van der Waals surface area contributed by atoms with E-state index < -0.39 is 116 Å². The maximum Gasteiger partial charge on any atom is 0.187 e. The second kappa shape index (κ2) is 16.6. The van der Waals surface area contributed by atoms with Gasteiger partial charge in [-0.2, -0.15) is 0 Å². The van der Waals surface area contributed by atoms with Crippen molar-refractivity contribution in [2.24, 2.45) is 40.4 Å². The molecule has 9 rings (SSSR count). The van der Waals surface area contributed by atoms with Crippen LogP contribution in [0.1, 0.15) is 79.1 Å². The number of hydrogen-bond acceptors (Lipinski definition) is 17. The monoisotopic (exact) mass is 868 g/mol. The predicted octanol–water partition coefficient (Wildman–Crippen LogP) is -0.256. The summed E-state index contributed by atoms with van der Waals surface area (Å²) in [6, 6.07) is 0. The molecule has 346 valence electrons. The summed E-state index contributed by atoms with van der Waals surface area (Å²) in [7, 11) is 0. The van der Waals surface area contributed by atoms with Crippen LogP contribution in [0.4, 0.5) is 0 Å². The van der Waals surface area contributed by atoms with Gasteiger partial charge in [0.25, 0.3) is 0 Å². The quantitative estimate of drug-likeness (QED) is 0.150. The molecule has 0 amide bonds. The van der Waals surface area contributed by atoms with Crippen molar-refractivity contribution >= 4 is 0 Å². The van der Waals surface area contributed by atoms with Gasteiger partial charge in [0.1, 0.15) is 61.0 Å². The molecule has 4 aliphatic carbocycles. The van der Waals surface area contributed by atoms with Gasteiger partial charge in [0.05, 0.1) is 44.2 Å². The molecule has 3 saturated carbocycles. The molecule has 1 spiro atoms. The molecular formula is C44H68O17. The number of ether oxygens (including phenoxy) is 8. The fourth-order valence-corrected chi connectivity index (χ4v) is 13.6. The Kier molecular flexibility index (Phi) is 12.2. The van der Waals surface area contributed by atoms with Gasteiger partial charge in [0, 0.05) is 24.2 Å². The Morgan fingerprint density at radius 2 is 1.54 bits per heavy atom. The molecule has 25 unspecified atom stereocenters. The summed E-state index contributed by atoms with van der Waals surface area (Å²) in [5, 5.41) is 97.2. The zero-order valence-electron chi connectivity index (χ0n) is 35.6. The zero-order chi connectivity index (χ0) is 43.5. The highest BCUT2D eigenvalue weighted by molar-refractivity contribution is 5.28. The lowest BCUT2D eigenvalue weighted by Gasteiger charge is -2.60. The van der Waals surface area contributed by atoms with Gasteiger partial charge in [-0.15, -0.1) is 0 Å². The standard InChI is InChI=1S/C44H68O17/c1-18-8-11-44(55-16-18)19(2)30-27(61-44)14-25-23-7-6-21-12-22(13-29(47)43(21,5)24(23)9-10-42(25,30)4)57-41-38(32(49)26(46)17-54-41)60-40-36(53)37(31(48)20(3)56-40)59-39-35(52)34(51)33(50)28(15-45)58-39/h6,19-20,22-41,45-53H,1,7-17H2,2-5H3. The van der Waals surface area contributed by atoms with Crippen LogP contribution < -0.4 is 0 Å². The van der Waals surface area contributed by atoms with Crippen LogP contribution in [-0.4, -0.2) is 176 Å². The Morgan fingerprint density at radius 1 is 0.803 bits per heavy atom. The first-order valence-electron chi connectivity index (χ1n) is 22.5. The molecule has 9 aliphatic rings. The highest BCUT2D eigenvalue weighted by Crippen LogP contribution is 2.70. The predicted molar refractivity (Wildman–Crippen MR) is 210 cm³/mol. The summed E-state index contributed by atoms with van der Waals surface area (Å²) >= 11 is 0. The van der Waals surface area contributed by atoms with Crippen molar-refractivity contribution < 1.29 is 83.9 Å². The summed E-state index contributed by atoms with van der Waals surface area (Å²) in [6.07, 6.45) is -13.5. The van der Waals surface area contributed by atoms with Crippen molar-refractivity contribution in [3.05, 3.63) is 23.8 Å². The van der Waals surface area contributed by atoms with Crippen LogP contribution in [0, 0.1) is 40.4 Å². The third kappa shape index (κ3) is 7.25. The topological polar surface area (TPSA) is 256 Å². The first kappa shape index (κ1) is 45.0. The number of aliphatic hydroxyl groups is 9. The molecule has 5 aliphatic heterocycles. The molecule has 0 aromatic heterocycles. The maximum atomic E-state index is 12.2. The molecule has 17 heteroatoms. The van der Waals surface area contributed by atoms with Crippen LogP contribution in [0.3, 0.4) is 0 Å². The second-order valence-corrected chi connectivity index (χ2v) is 20.3. The largest absolute Gasteiger partial charge is 0.394 e. The van der Waals surface area contributed by atoms with E-state index in [1.54, 1.807) is 0 Å². The van der Waals surface area contributed by atoms with Gasteiger partial charge < -0.3 is 83.9 Å². The van der Waals surface area contributed by atoms with Crippen LogP contribution in [0.2, 0.25) is 0 Å². The molecule has 61 heavy (non-hydrogen) atoms. The summed E-state index contributed by atoms with van der Waals surface area (Å²) in [4.78, 5) is 0. The van der Waals surface area contributed by atoms with Gasteiger partial charge in [-0.05, 0) is 74.5 Å². The Balaban J connectivity index is 0.877. The molecule has 0 radical (unpaired) electrons. The van der Waals surface area contributed by atoms with Crippen LogP contribution in [0.25, 0.3) is 0 Å². The highest BCUT2D eigenvalue weighted by atomic mass is 16.8. The van der Waals surface area contributed by atoms with Crippen molar-refractivity contribution in [3.8, 4) is 0 Å². The van der Waals surface area contributed by atoms with E-state index in [4.69, 9.17) is 37.9 Å². The Bertz CT molecular complexity index is 1640. The number of rotatable bonds is 7. The molecular weight excluding hydrogens is 800 g/mol. The van der Waals surface area contributed by atoms with Crippen LogP contribution >= 0.6 is 0 Å². The van der Waals surface area contributed by atoms with E-state index in [2.05, 4.69) is 33.4 Å². The van der Waals surface area contributed by atoms with E-state index in [1.165, 1.54) is 6.92 Å². The minimum atomic E-state index is -1.81. The summed E-state index contributed by atoms with van der Waals surface area (Å²) in [6.45, 7) is 12.2. The van der Waals surface area contributed by atoms with E-state index in [0.29, 0.717) is 37.2 Å². The van der Waals surface area contributed by atoms with E-state index in [-0.39, 0.29) is 30.0 Å². The lowest BCUT2D eigenvalue weighted by atomic mass is 9.46. The van der Waals surface area contributed by atoms with Crippen molar-refractivity contribution in [2.45, 2.75) is 189 Å². The minimum absolute atomic E-state index is 0.107. The number of allylic oxidation sites excluding steroid dienone is 1. The Hall–Kier alpha value is -1.20. The van der Waals surface area contributed by atoms with E-state index >= 15 is 0 Å². The number of aliphatic hydroxyl groups excluding tert-OH is 9. The van der Waals surface area contributed by atoms with Gasteiger partial charge in [-0.1, -0.05) is 44.6 Å². The summed E-state index contributed by atoms with van der Waals surface area (Å²) in [5.41, 5.74) is 1.90. The van der Waals surface area contributed by atoms with Gasteiger partial charge in [0.2, 0.25) is 0 Å². The highest BCUT2D eigenvalue weighted by Gasteiger charge is 2.69. The summed E-state index contributed by atoms with van der Waals surface area (Å²) in [5.74, 6) is 1.30. The van der Waals surface area contributed by atoms with Gasteiger partial charge >= 0.3 is 0 Å². The lowest BCUT2D eigenvalue weighted by Crippen LogP contribution is -2.65. The van der Waals surface area contributed by atoms with E-state index in [0.717, 1.165) is 49.7 Å². The van der Waals surface area contributed by atoms with Crippen molar-refractivity contribution in [1.29, 1.82) is 0 Å². The van der Waals surface area contributed by atoms with Crippen LogP contribution in [0.5, 0.6) is 0 Å². The fourth-order valence-electron chi connectivity index (χ4n) is 13.6. The average Bonchev–Trinajstić information content (AvgIpc) is 3.68. The third-order valence-electron chi connectivity index (χ3n) is 17.1. The number of fused-ring (bicyclic) bond motifs is 7. The molecule has 25 atom stereocenters. The normalized spacial score (nSPS) is 57.2. The van der Waals surface area contributed by atoms with Gasteiger partial charge in [-0.25, -0.2) is 0 Å². The van der Waals surface area contributed by atoms with Gasteiger partial charge in [-0.3, -0.25) is 0 Å². The third-order valence-corrected chi connectivity index (χ3v) is 17.1. The minimum Gasteiger partial charge on any atom is -0.394 e. The van der Waals surface area contributed by atoms with Crippen molar-refractivity contribution in [1.82, 2.24) is 0 Å². The number of hydrogen-bond donors (Lipinski definition) is 9. The molecule has 9 N–H and O–H groups in total. The first-order chi connectivity index (χ1) is 28.9. The lowest BCUT2D eigenvalue weighted by molar-refractivity contribution is -0.380. The molecule has 0 aromatic carbocycles. The molecule has 0 bridgehead atoms. The Morgan fingerprint density at radius 3 is 2.26 bits per heavy atom. The second-order valence-electron chi connectivity index (χ2n) is 20.3. The molecule has 8 fully saturated rings.